The van der Waals surface area contributed by atoms with Crippen LogP contribution in [0.5, 0.6) is 0 Å². The highest BCUT2D eigenvalue weighted by atomic mass is 14.2. The summed E-state index contributed by atoms with van der Waals surface area (Å²) in [6.45, 7) is 4.35. The maximum atomic E-state index is 2.22. The number of aryl methyl sites for hydroxylation is 2. The summed E-state index contributed by atoms with van der Waals surface area (Å²) in [4.78, 5) is 0. The van der Waals surface area contributed by atoms with Crippen molar-refractivity contribution in [1.29, 1.82) is 0 Å². The molecule has 1 aliphatic carbocycles. The Morgan fingerprint density at radius 3 is 1.36 bits per heavy atom. The van der Waals surface area contributed by atoms with Crippen LogP contribution in [0.3, 0.4) is 0 Å². The second-order valence-electron chi connectivity index (χ2n) is 7.52. The Labute approximate surface area is 168 Å². The lowest BCUT2D eigenvalue weighted by Crippen LogP contribution is -1.93. The lowest BCUT2D eigenvalue weighted by atomic mass is 9.98. The monoisotopic (exact) mass is 362 g/mol. The van der Waals surface area contributed by atoms with E-state index in [1.165, 1.54) is 44.5 Å². The molecule has 0 amide bonds. The maximum absolute atomic E-state index is 2.22. The molecule has 0 atom stereocenters. The molecule has 138 valence electrons. The van der Waals surface area contributed by atoms with E-state index in [9.17, 15) is 0 Å². The van der Waals surface area contributed by atoms with Gasteiger partial charge in [0.2, 0.25) is 0 Å². The molecule has 28 heavy (non-hydrogen) atoms. The highest BCUT2D eigenvalue weighted by molar-refractivity contribution is 5.76. The van der Waals surface area contributed by atoms with Gasteiger partial charge in [-0.1, -0.05) is 97.1 Å². The number of hydrogen-bond acceptors (Lipinski definition) is 0. The fourth-order valence-corrected chi connectivity index (χ4v) is 3.90. The third-order valence-corrected chi connectivity index (χ3v) is 5.61. The molecule has 0 spiro atoms. The van der Waals surface area contributed by atoms with Crippen molar-refractivity contribution in [3.63, 3.8) is 0 Å². The summed E-state index contributed by atoms with van der Waals surface area (Å²) in [5.41, 5.74) is 11.4. The molecule has 4 aromatic rings. The highest BCUT2D eigenvalue weighted by Gasteiger charge is 2.15. The summed E-state index contributed by atoms with van der Waals surface area (Å²) >= 11 is 0. The number of benzene rings is 4. The van der Waals surface area contributed by atoms with Gasteiger partial charge in [-0.15, -0.1) is 0 Å². The van der Waals surface area contributed by atoms with E-state index in [4.69, 9.17) is 0 Å². The summed E-state index contributed by atoms with van der Waals surface area (Å²) in [5.74, 6) is 0. The standard InChI is InChI=1S/C15H16.C13H10/c1-12-7-3-5-9-14(12)11-15-10-6-4-8-13(15)2;1-3-7-12-10(5-1)9-11-6-2-4-8-13(11)12/h3-10H,11H2,1-2H3;1-8H,9H2. The van der Waals surface area contributed by atoms with Crippen molar-refractivity contribution in [1.82, 2.24) is 0 Å². The summed E-state index contributed by atoms with van der Waals surface area (Å²) in [6.07, 6.45) is 2.14. The minimum atomic E-state index is 1.04. The lowest BCUT2D eigenvalue weighted by Gasteiger charge is -2.07. The van der Waals surface area contributed by atoms with E-state index >= 15 is 0 Å². The lowest BCUT2D eigenvalue weighted by molar-refractivity contribution is 1.13. The smallest absolute Gasteiger partial charge is 0.00135 e. The van der Waals surface area contributed by atoms with Gasteiger partial charge in [-0.3, -0.25) is 0 Å². The molecule has 0 aliphatic heterocycles. The Balaban J connectivity index is 0.000000138. The van der Waals surface area contributed by atoms with Crippen LogP contribution in [0.25, 0.3) is 11.1 Å². The Bertz CT molecular complexity index is 1000. The van der Waals surface area contributed by atoms with Crippen molar-refractivity contribution in [2.45, 2.75) is 26.7 Å². The SMILES string of the molecule is Cc1ccccc1Cc1ccccc1C.c1ccc2c(c1)Cc1ccccc1-2. The molecule has 0 bridgehead atoms. The van der Waals surface area contributed by atoms with E-state index in [-0.39, 0.29) is 0 Å². The van der Waals surface area contributed by atoms with Crippen LogP contribution < -0.4 is 0 Å². The summed E-state index contributed by atoms with van der Waals surface area (Å²) in [5, 5.41) is 0. The predicted octanol–water partition coefficient (Wildman–Crippen LogP) is 7.15. The van der Waals surface area contributed by atoms with E-state index in [0.717, 1.165) is 12.8 Å². The zero-order chi connectivity index (χ0) is 19.3. The van der Waals surface area contributed by atoms with Gasteiger partial charge in [-0.25, -0.2) is 0 Å². The van der Waals surface area contributed by atoms with E-state index in [0.29, 0.717) is 0 Å². The summed E-state index contributed by atoms with van der Waals surface area (Å²) in [6, 6.07) is 34.5. The second kappa shape index (κ2) is 8.27. The quantitative estimate of drug-likeness (QED) is 0.313. The van der Waals surface area contributed by atoms with Gasteiger partial charge in [0.1, 0.15) is 0 Å². The molecule has 1 aliphatic rings. The van der Waals surface area contributed by atoms with Gasteiger partial charge in [-0.2, -0.15) is 0 Å². The molecule has 0 heteroatoms. The first-order valence-electron chi connectivity index (χ1n) is 9.97. The summed E-state index contributed by atoms with van der Waals surface area (Å²) < 4.78 is 0. The first-order chi connectivity index (χ1) is 13.7. The average molecular weight is 363 g/mol. The first kappa shape index (κ1) is 18.3. The van der Waals surface area contributed by atoms with Gasteiger partial charge in [0, 0.05) is 0 Å². The molecule has 0 saturated carbocycles. The summed E-state index contributed by atoms with van der Waals surface area (Å²) in [7, 11) is 0. The van der Waals surface area contributed by atoms with Crippen molar-refractivity contribution in [2.75, 3.05) is 0 Å². The van der Waals surface area contributed by atoms with Gasteiger partial charge < -0.3 is 0 Å². The van der Waals surface area contributed by atoms with Crippen LogP contribution in [0.1, 0.15) is 33.4 Å². The molecule has 4 aromatic carbocycles. The maximum Gasteiger partial charge on any atom is -0.00135 e. The highest BCUT2D eigenvalue weighted by Crippen LogP contribution is 2.35. The van der Waals surface area contributed by atoms with Crippen LogP contribution in [0.4, 0.5) is 0 Å². The van der Waals surface area contributed by atoms with Crippen LogP contribution in [0.2, 0.25) is 0 Å². The Morgan fingerprint density at radius 1 is 0.500 bits per heavy atom. The van der Waals surface area contributed by atoms with Crippen LogP contribution in [0, 0.1) is 13.8 Å². The first-order valence-corrected chi connectivity index (χ1v) is 9.97. The van der Waals surface area contributed by atoms with Gasteiger partial charge in [0.05, 0.1) is 0 Å². The van der Waals surface area contributed by atoms with Gasteiger partial charge in [-0.05, 0) is 71.2 Å². The van der Waals surface area contributed by atoms with E-state index in [1.54, 1.807) is 0 Å². The van der Waals surface area contributed by atoms with Crippen molar-refractivity contribution in [3.8, 4) is 11.1 Å². The molecule has 0 fully saturated rings. The Morgan fingerprint density at radius 2 is 0.893 bits per heavy atom. The zero-order valence-electron chi connectivity index (χ0n) is 16.7. The van der Waals surface area contributed by atoms with E-state index in [2.05, 4.69) is 111 Å². The predicted molar refractivity (Wildman–Crippen MR) is 120 cm³/mol. The van der Waals surface area contributed by atoms with E-state index < -0.39 is 0 Å². The number of rotatable bonds is 2. The molecule has 0 aromatic heterocycles. The average Bonchev–Trinajstić information content (AvgIpc) is 3.11. The van der Waals surface area contributed by atoms with Gasteiger partial charge in [0.15, 0.2) is 0 Å². The molecule has 5 rings (SSSR count). The third-order valence-electron chi connectivity index (χ3n) is 5.61. The molecule has 0 saturated heterocycles. The Kier molecular flexibility index (Phi) is 5.39. The van der Waals surface area contributed by atoms with Crippen molar-refractivity contribution >= 4 is 0 Å². The van der Waals surface area contributed by atoms with Crippen molar-refractivity contribution < 1.29 is 0 Å². The van der Waals surface area contributed by atoms with Crippen molar-refractivity contribution in [3.05, 3.63) is 130 Å². The molecule has 0 heterocycles. The fourth-order valence-electron chi connectivity index (χ4n) is 3.90. The van der Waals surface area contributed by atoms with Crippen molar-refractivity contribution in [2.24, 2.45) is 0 Å². The van der Waals surface area contributed by atoms with Gasteiger partial charge in [0.25, 0.3) is 0 Å². The zero-order valence-corrected chi connectivity index (χ0v) is 16.7. The molecular formula is C28H26. The number of fused-ring (bicyclic) bond motifs is 3. The topological polar surface area (TPSA) is 0 Å². The minimum Gasteiger partial charge on any atom is -0.0620 e. The van der Waals surface area contributed by atoms with Gasteiger partial charge >= 0.3 is 0 Å². The van der Waals surface area contributed by atoms with E-state index in [1.807, 2.05) is 0 Å². The fraction of sp³-hybridized carbons (Fsp3) is 0.143. The molecule has 0 N–H and O–H groups in total. The second-order valence-corrected chi connectivity index (χ2v) is 7.52. The third kappa shape index (κ3) is 3.92. The molecule has 0 nitrogen and oxygen atoms in total. The molecule has 0 unspecified atom stereocenters. The minimum absolute atomic E-state index is 1.04. The van der Waals surface area contributed by atoms with Crippen LogP contribution in [0.15, 0.2) is 97.1 Å². The molecule has 0 radical (unpaired) electrons. The normalized spacial score (nSPS) is 11.2. The Hall–Kier alpha value is -3.12. The largest absolute Gasteiger partial charge is 0.0620 e. The van der Waals surface area contributed by atoms with Crippen LogP contribution >= 0.6 is 0 Å². The van der Waals surface area contributed by atoms with Crippen LogP contribution in [-0.4, -0.2) is 0 Å². The van der Waals surface area contributed by atoms with Crippen LogP contribution in [-0.2, 0) is 12.8 Å². The number of hydrogen-bond donors (Lipinski definition) is 0. The molecular weight excluding hydrogens is 336 g/mol.